The Morgan fingerprint density at radius 2 is 2.38 bits per heavy atom. The lowest BCUT2D eigenvalue weighted by Gasteiger charge is -2.16. The van der Waals surface area contributed by atoms with Crippen LogP contribution in [0.2, 0.25) is 0 Å². The van der Waals surface area contributed by atoms with Crippen LogP contribution in [0, 0.1) is 10.1 Å². The quantitative estimate of drug-likeness (QED) is 0.405. The summed E-state index contributed by atoms with van der Waals surface area (Å²) in [6, 6.07) is 0. The predicted molar refractivity (Wildman–Crippen MR) is 48.4 cm³/mol. The van der Waals surface area contributed by atoms with Crippen molar-refractivity contribution >= 4 is 5.82 Å². The van der Waals surface area contributed by atoms with Crippen molar-refractivity contribution in [3.8, 4) is 0 Å². The standard InChI is InChI=1S/C8H11N3O2/c1-4-8(2,3)10-6-9-5-7(10)11(12)13/h4-6H,1H2,2-3H3. The molecule has 0 amide bonds. The Hall–Kier alpha value is -1.65. The minimum atomic E-state index is -0.487. The Labute approximate surface area is 75.9 Å². The third-order valence-corrected chi connectivity index (χ3v) is 1.93. The van der Waals surface area contributed by atoms with Crippen LogP contribution >= 0.6 is 0 Å². The maximum atomic E-state index is 10.6. The smallest absolute Gasteiger partial charge is 0.343 e. The van der Waals surface area contributed by atoms with Crippen molar-refractivity contribution in [1.82, 2.24) is 9.55 Å². The number of rotatable bonds is 3. The van der Waals surface area contributed by atoms with Crippen molar-refractivity contribution in [2.45, 2.75) is 19.4 Å². The Morgan fingerprint density at radius 3 is 2.85 bits per heavy atom. The number of hydrogen-bond acceptors (Lipinski definition) is 3. The van der Waals surface area contributed by atoms with Crippen LogP contribution in [0.4, 0.5) is 5.82 Å². The molecule has 0 aliphatic rings. The van der Waals surface area contributed by atoms with E-state index >= 15 is 0 Å². The van der Waals surface area contributed by atoms with Crippen LogP contribution in [0.1, 0.15) is 13.8 Å². The summed E-state index contributed by atoms with van der Waals surface area (Å²) in [5, 5.41) is 10.6. The molecule has 0 aromatic carbocycles. The number of aromatic nitrogens is 2. The zero-order chi connectivity index (χ0) is 10.1. The summed E-state index contributed by atoms with van der Waals surface area (Å²) in [5.74, 6) is -0.0232. The Kier molecular flexibility index (Phi) is 2.18. The van der Waals surface area contributed by atoms with E-state index in [9.17, 15) is 10.1 Å². The SMILES string of the molecule is C=CC(C)(C)n1cncc1[N+](=O)[O-]. The molecule has 5 nitrogen and oxygen atoms in total. The van der Waals surface area contributed by atoms with Gasteiger partial charge in [0, 0.05) is 0 Å². The highest BCUT2D eigenvalue weighted by atomic mass is 16.6. The molecule has 0 atom stereocenters. The summed E-state index contributed by atoms with van der Waals surface area (Å²) in [5.41, 5.74) is -0.487. The van der Waals surface area contributed by atoms with E-state index in [2.05, 4.69) is 11.6 Å². The molecule has 1 heterocycles. The molecule has 0 radical (unpaired) electrons. The first-order chi connectivity index (χ1) is 5.99. The second-order valence-corrected chi connectivity index (χ2v) is 3.24. The molecule has 0 unspecified atom stereocenters. The van der Waals surface area contributed by atoms with Crippen LogP contribution in [0.15, 0.2) is 25.2 Å². The monoisotopic (exact) mass is 181 g/mol. The lowest BCUT2D eigenvalue weighted by molar-refractivity contribution is -0.393. The van der Waals surface area contributed by atoms with Crippen molar-refractivity contribution in [1.29, 1.82) is 0 Å². The second-order valence-electron chi connectivity index (χ2n) is 3.24. The van der Waals surface area contributed by atoms with Gasteiger partial charge in [-0.15, -0.1) is 0 Å². The van der Waals surface area contributed by atoms with Crippen LogP contribution in [0.25, 0.3) is 0 Å². The van der Waals surface area contributed by atoms with E-state index in [1.54, 1.807) is 6.08 Å². The molecule has 1 aromatic heterocycles. The highest BCUT2D eigenvalue weighted by Gasteiger charge is 2.26. The second kappa shape index (κ2) is 3.01. The lowest BCUT2D eigenvalue weighted by Crippen LogP contribution is -2.23. The summed E-state index contributed by atoms with van der Waals surface area (Å²) in [6.45, 7) is 7.27. The molecule has 0 aliphatic heterocycles. The molecule has 5 heteroatoms. The Morgan fingerprint density at radius 1 is 1.77 bits per heavy atom. The third kappa shape index (κ3) is 1.58. The van der Waals surface area contributed by atoms with E-state index in [0.29, 0.717) is 0 Å². The zero-order valence-corrected chi connectivity index (χ0v) is 7.60. The minimum absolute atomic E-state index is 0.0232. The molecular formula is C8H11N3O2. The van der Waals surface area contributed by atoms with Gasteiger partial charge in [-0.2, -0.15) is 0 Å². The van der Waals surface area contributed by atoms with Crippen molar-refractivity contribution in [2.24, 2.45) is 0 Å². The molecule has 1 aromatic rings. The van der Waals surface area contributed by atoms with Crippen LogP contribution in [0.5, 0.6) is 0 Å². The minimum Gasteiger partial charge on any atom is -0.358 e. The van der Waals surface area contributed by atoms with E-state index in [1.165, 1.54) is 17.1 Å². The maximum Gasteiger partial charge on any atom is 0.343 e. The van der Waals surface area contributed by atoms with Gasteiger partial charge >= 0.3 is 5.82 Å². The number of hydrogen-bond donors (Lipinski definition) is 0. The zero-order valence-electron chi connectivity index (χ0n) is 7.60. The molecule has 0 fully saturated rings. The summed E-state index contributed by atoms with van der Waals surface area (Å²) in [6.07, 6.45) is 4.30. The Bertz CT molecular complexity index is 341. The third-order valence-electron chi connectivity index (χ3n) is 1.93. The van der Waals surface area contributed by atoms with Crippen LogP contribution in [0.3, 0.4) is 0 Å². The van der Waals surface area contributed by atoms with Gasteiger partial charge in [0.25, 0.3) is 0 Å². The summed E-state index contributed by atoms with van der Waals surface area (Å²) in [7, 11) is 0. The fourth-order valence-corrected chi connectivity index (χ4v) is 0.966. The van der Waals surface area contributed by atoms with Crippen LogP contribution in [-0.2, 0) is 5.54 Å². The van der Waals surface area contributed by atoms with E-state index in [4.69, 9.17) is 0 Å². The molecule has 0 spiro atoms. The highest BCUT2D eigenvalue weighted by Crippen LogP contribution is 2.22. The van der Waals surface area contributed by atoms with Gasteiger partial charge < -0.3 is 10.1 Å². The van der Waals surface area contributed by atoms with E-state index in [0.717, 1.165) is 0 Å². The van der Waals surface area contributed by atoms with Crippen molar-refractivity contribution in [2.75, 3.05) is 0 Å². The first-order valence-corrected chi connectivity index (χ1v) is 3.80. The molecule has 0 saturated carbocycles. The molecule has 0 saturated heterocycles. The Balaban J connectivity index is 3.22. The van der Waals surface area contributed by atoms with Gasteiger partial charge in [0.1, 0.15) is 11.7 Å². The topological polar surface area (TPSA) is 61.0 Å². The highest BCUT2D eigenvalue weighted by molar-refractivity contribution is 5.19. The summed E-state index contributed by atoms with van der Waals surface area (Å²) >= 11 is 0. The van der Waals surface area contributed by atoms with Crippen molar-refractivity contribution in [3.05, 3.63) is 35.3 Å². The average Bonchev–Trinajstić information content (AvgIpc) is 2.52. The van der Waals surface area contributed by atoms with Crippen LogP contribution < -0.4 is 0 Å². The number of nitro groups is 1. The molecule has 70 valence electrons. The number of nitrogens with zero attached hydrogens (tertiary/aromatic N) is 3. The molecule has 13 heavy (non-hydrogen) atoms. The first-order valence-electron chi connectivity index (χ1n) is 3.80. The van der Waals surface area contributed by atoms with Gasteiger partial charge in [-0.3, -0.25) is 0 Å². The summed E-state index contributed by atoms with van der Waals surface area (Å²) in [4.78, 5) is 13.8. The largest absolute Gasteiger partial charge is 0.358 e. The van der Waals surface area contributed by atoms with Crippen molar-refractivity contribution in [3.63, 3.8) is 0 Å². The van der Waals surface area contributed by atoms with Gasteiger partial charge in [0.15, 0.2) is 6.33 Å². The first kappa shape index (κ1) is 9.44. The van der Waals surface area contributed by atoms with Crippen molar-refractivity contribution < 1.29 is 4.92 Å². The normalized spacial score (nSPS) is 11.2. The van der Waals surface area contributed by atoms with Gasteiger partial charge in [-0.25, -0.2) is 9.55 Å². The predicted octanol–water partition coefficient (Wildman–Crippen LogP) is 1.71. The van der Waals surface area contributed by atoms with E-state index in [1.807, 2.05) is 13.8 Å². The maximum absolute atomic E-state index is 10.6. The lowest BCUT2D eigenvalue weighted by atomic mass is 10.1. The summed E-state index contributed by atoms with van der Waals surface area (Å²) < 4.78 is 1.47. The van der Waals surface area contributed by atoms with E-state index in [-0.39, 0.29) is 5.82 Å². The average molecular weight is 181 g/mol. The van der Waals surface area contributed by atoms with Gasteiger partial charge in [0.05, 0.1) is 0 Å². The molecule has 1 rings (SSSR count). The number of imidazole rings is 1. The number of allylic oxidation sites excluding steroid dienone is 1. The van der Waals surface area contributed by atoms with E-state index < -0.39 is 10.5 Å². The fraction of sp³-hybridized carbons (Fsp3) is 0.375. The van der Waals surface area contributed by atoms with Crippen LogP contribution in [-0.4, -0.2) is 14.5 Å². The molecular weight excluding hydrogens is 170 g/mol. The fourth-order valence-electron chi connectivity index (χ4n) is 0.966. The van der Waals surface area contributed by atoms with Gasteiger partial charge in [-0.05, 0) is 24.8 Å². The molecule has 0 aliphatic carbocycles. The molecule has 0 bridgehead atoms. The van der Waals surface area contributed by atoms with Gasteiger partial charge in [-0.1, -0.05) is 6.58 Å². The molecule has 0 N–H and O–H groups in total. The van der Waals surface area contributed by atoms with Gasteiger partial charge in [0.2, 0.25) is 0 Å².